The summed E-state index contributed by atoms with van der Waals surface area (Å²) >= 11 is -0.839. The molecule has 1 aliphatic heterocycles. The van der Waals surface area contributed by atoms with Crippen molar-refractivity contribution in [1.29, 1.82) is 0 Å². The Bertz CT molecular complexity index is 464. The van der Waals surface area contributed by atoms with E-state index >= 15 is 0 Å². The van der Waals surface area contributed by atoms with E-state index in [4.69, 9.17) is 0 Å². The standard InChI is InChI=1S/C8H5NO2.3C4H9.Sn/c10-7-5-3-1-2-4-6(5)8(11)9-7;3*1-3-4-2;/h1-4H,(H,9,10,11);3*1,3-4H2,2H3;. The van der Waals surface area contributed by atoms with Gasteiger partial charge in [-0.25, -0.2) is 0 Å². The number of carbonyl (C=O) groups is 2. The maximum absolute atomic E-state index is 10.9. The number of hydrogen-bond acceptors (Lipinski definition) is 2. The van der Waals surface area contributed by atoms with Crippen LogP contribution in [0.5, 0.6) is 0 Å². The summed E-state index contributed by atoms with van der Waals surface area (Å²) < 4.78 is 5.04. The Kier molecular flexibility index (Phi) is 11.1. The molecule has 0 aliphatic carbocycles. The molecular weight excluding hydrogens is 405 g/mol. The quantitative estimate of drug-likeness (QED) is 0.413. The first-order chi connectivity index (χ1) is 11.6. The molecule has 0 saturated carbocycles. The number of fused-ring (bicyclic) bond motifs is 1. The topological polar surface area (TPSA) is 46.2 Å². The molecule has 24 heavy (non-hydrogen) atoms. The van der Waals surface area contributed by atoms with Crippen molar-refractivity contribution in [2.75, 3.05) is 0 Å². The maximum atomic E-state index is 10.9. The molecule has 1 aromatic rings. The summed E-state index contributed by atoms with van der Waals surface area (Å²) in [5.41, 5.74) is 0.940. The fourth-order valence-electron chi connectivity index (χ4n) is 2.77. The van der Waals surface area contributed by atoms with Gasteiger partial charge in [0.05, 0.1) is 11.1 Å². The molecule has 0 aromatic heterocycles. The molecule has 0 fully saturated rings. The third kappa shape index (κ3) is 7.37. The van der Waals surface area contributed by atoms with E-state index in [1.54, 1.807) is 37.6 Å². The second kappa shape index (κ2) is 12.5. The predicted molar refractivity (Wildman–Crippen MR) is 103 cm³/mol. The van der Waals surface area contributed by atoms with Crippen molar-refractivity contribution in [2.24, 2.45) is 0 Å². The predicted octanol–water partition coefficient (Wildman–Crippen LogP) is 5.45. The number of nitrogens with one attached hydrogen (secondary N) is 1. The zero-order valence-corrected chi connectivity index (χ0v) is 18.3. The van der Waals surface area contributed by atoms with Crippen molar-refractivity contribution in [3.63, 3.8) is 0 Å². The molecule has 0 bridgehead atoms. The molecule has 3 nitrogen and oxygen atoms in total. The van der Waals surface area contributed by atoms with Crippen LogP contribution in [0.3, 0.4) is 0 Å². The molecule has 1 aliphatic rings. The van der Waals surface area contributed by atoms with Gasteiger partial charge in [-0.2, -0.15) is 0 Å². The van der Waals surface area contributed by atoms with Gasteiger partial charge < -0.3 is 0 Å². The summed E-state index contributed by atoms with van der Waals surface area (Å²) in [6.45, 7) is 7.00. The van der Waals surface area contributed by atoms with Crippen LogP contribution < -0.4 is 5.32 Å². The normalized spacial score (nSPS) is 12.7. The van der Waals surface area contributed by atoms with E-state index in [1.165, 1.54) is 38.5 Å². The Labute approximate surface area is 154 Å². The average molecular weight is 437 g/mol. The molecule has 1 N–H and O–H groups in total. The number of amides is 2. The summed E-state index contributed by atoms with van der Waals surface area (Å²) in [4.78, 5) is 21.9. The van der Waals surface area contributed by atoms with Crippen LogP contribution in [0.15, 0.2) is 24.3 Å². The van der Waals surface area contributed by atoms with Crippen molar-refractivity contribution in [1.82, 2.24) is 5.32 Å². The van der Waals surface area contributed by atoms with Crippen LogP contribution in [-0.2, 0) is 0 Å². The van der Waals surface area contributed by atoms with Crippen LogP contribution in [0.25, 0.3) is 0 Å². The summed E-state index contributed by atoms with van der Waals surface area (Å²) in [5, 5.41) is 2.20. The van der Waals surface area contributed by atoms with Crippen molar-refractivity contribution < 1.29 is 9.59 Å². The first-order valence-corrected chi connectivity index (χ1v) is 15.5. The Morgan fingerprint density at radius 1 is 0.750 bits per heavy atom. The van der Waals surface area contributed by atoms with Crippen molar-refractivity contribution in [3.05, 3.63) is 35.4 Å². The van der Waals surface area contributed by atoms with Gasteiger partial charge in [0.2, 0.25) is 0 Å². The number of imide groups is 1. The Hall–Kier alpha value is -0.841. The third-order valence-corrected chi connectivity index (χ3v) is 13.4. The summed E-state index contributed by atoms with van der Waals surface area (Å²) in [6, 6.07) is 6.74. The second-order valence-electron chi connectivity index (χ2n) is 6.39. The van der Waals surface area contributed by atoms with Gasteiger partial charge in [0.1, 0.15) is 0 Å². The van der Waals surface area contributed by atoms with E-state index in [9.17, 15) is 9.59 Å². The zero-order chi connectivity index (χ0) is 17.8. The second-order valence-corrected chi connectivity index (χ2v) is 15.0. The molecule has 0 atom stereocenters. The molecule has 133 valence electrons. The van der Waals surface area contributed by atoms with E-state index in [0.717, 1.165) is 0 Å². The molecule has 4 heteroatoms. The van der Waals surface area contributed by atoms with Crippen LogP contribution in [0.1, 0.15) is 80.0 Å². The first-order valence-electron chi connectivity index (χ1n) is 9.42. The SMILES string of the molecule is CCC[CH2][Sn]([CH2]CCC)[CH2]CCC.O=C1NC(=O)c2ccccc21. The molecule has 1 heterocycles. The van der Waals surface area contributed by atoms with Crippen molar-refractivity contribution in [2.45, 2.75) is 72.6 Å². The average Bonchev–Trinajstić information content (AvgIpc) is 2.90. The van der Waals surface area contributed by atoms with Gasteiger partial charge in [0.15, 0.2) is 0 Å². The van der Waals surface area contributed by atoms with Gasteiger partial charge in [0.25, 0.3) is 11.8 Å². The Balaban J connectivity index is 0.000000242. The number of carbonyl (C=O) groups excluding carboxylic acids is 2. The number of hydrogen-bond donors (Lipinski definition) is 1. The minimum absolute atomic E-state index is 0.300. The number of benzene rings is 1. The molecular formula is C20H32NO2Sn. The van der Waals surface area contributed by atoms with Crippen molar-refractivity contribution in [3.8, 4) is 0 Å². The number of unbranched alkanes of at least 4 members (excludes halogenated alkanes) is 3. The molecule has 0 unspecified atom stereocenters. The van der Waals surface area contributed by atoms with Crippen LogP contribution >= 0.6 is 0 Å². The first kappa shape index (κ1) is 21.2. The van der Waals surface area contributed by atoms with Crippen LogP contribution in [0.2, 0.25) is 13.3 Å². The van der Waals surface area contributed by atoms with Gasteiger partial charge in [-0.05, 0) is 12.1 Å². The molecule has 1 radical (unpaired) electrons. The number of rotatable bonds is 9. The third-order valence-electron chi connectivity index (χ3n) is 4.30. The van der Waals surface area contributed by atoms with Crippen molar-refractivity contribution >= 4 is 31.6 Å². The van der Waals surface area contributed by atoms with Gasteiger partial charge in [-0.15, -0.1) is 0 Å². The molecule has 0 saturated heterocycles. The summed E-state index contributed by atoms with van der Waals surface area (Å²) in [6.07, 6.45) is 8.85. The van der Waals surface area contributed by atoms with Crippen LogP contribution in [0, 0.1) is 0 Å². The zero-order valence-electron chi connectivity index (χ0n) is 15.5. The van der Waals surface area contributed by atoms with Gasteiger partial charge in [-0.3, -0.25) is 14.9 Å². The summed E-state index contributed by atoms with van der Waals surface area (Å²) in [7, 11) is 0. The monoisotopic (exact) mass is 438 g/mol. The minimum atomic E-state index is -0.839. The fourth-order valence-corrected chi connectivity index (χ4v) is 12.2. The minimum Gasteiger partial charge on any atom is -0.288 e. The van der Waals surface area contributed by atoms with E-state index in [1.807, 2.05) is 0 Å². The van der Waals surface area contributed by atoms with E-state index in [0.29, 0.717) is 11.1 Å². The van der Waals surface area contributed by atoms with E-state index < -0.39 is 19.8 Å². The molecule has 1 aromatic carbocycles. The van der Waals surface area contributed by atoms with E-state index in [2.05, 4.69) is 26.1 Å². The molecule has 2 rings (SSSR count). The molecule has 2 amide bonds. The van der Waals surface area contributed by atoms with Gasteiger partial charge in [0, 0.05) is 0 Å². The largest absolute Gasteiger partial charge is 0.288 e. The van der Waals surface area contributed by atoms with Crippen LogP contribution in [-0.4, -0.2) is 31.6 Å². The summed E-state index contributed by atoms with van der Waals surface area (Å²) in [5.74, 6) is -0.601. The maximum Gasteiger partial charge on any atom is 0.258 e. The Morgan fingerprint density at radius 2 is 1.12 bits per heavy atom. The van der Waals surface area contributed by atoms with Crippen LogP contribution in [0.4, 0.5) is 0 Å². The van der Waals surface area contributed by atoms with Gasteiger partial charge >= 0.3 is 92.4 Å². The molecule has 0 spiro atoms. The Morgan fingerprint density at radius 3 is 1.46 bits per heavy atom. The van der Waals surface area contributed by atoms with Gasteiger partial charge in [-0.1, -0.05) is 12.1 Å². The fraction of sp³-hybridized carbons (Fsp3) is 0.600. The smallest absolute Gasteiger partial charge is 0.258 e. The van der Waals surface area contributed by atoms with E-state index in [-0.39, 0.29) is 11.8 Å².